The van der Waals surface area contributed by atoms with Crippen molar-refractivity contribution < 1.29 is 4.74 Å². The number of piperidine rings is 1. The fourth-order valence-corrected chi connectivity index (χ4v) is 1.26. The Morgan fingerprint density at radius 1 is 1.40 bits per heavy atom. The SMILES string of the molecule is CCOCC1CC[N]CC1. The summed E-state index contributed by atoms with van der Waals surface area (Å²) in [4.78, 5) is 0. The molecule has 0 bridgehead atoms. The van der Waals surface area contributed by atoms with Crippen molar-refractivity contribution in [2.24, 2.45) is 5.92 Å². The Morgan fingerprint density at radius 2 is 2.10 bits per heavy atom. The Labute approximate surface area is 63.0 Å². The van der Waals surface area contributed by atoms with Crippen LogP contribution in [0.1, 0.15) is 19.8 Å². The van der Waals surface area contributed by atoms with E-state index in [1.807, 2.05) is 6.92 Å². The molecule has 0 saturated carbocycles. The first kappa shape index (κ1) is 8.02. The molecule has 0 atom stereocenters. The summed E-state index contributed by atoms with van der Waals surface area (Å²) in [5.74, 6) is 0.789. The molecule has 2 nitrogen and oxygen atoms in total. The molecule has 1 aliphatic rings. The van der Waals surface area contributed by atoms with Crippen molar-refractivity contribution in [2.45, 2.75) is 19.8 Å². The molecule has 1 aliphatic heterocycles. The van der Waals surface area contributed by atoms with Crippen molar-refractivity contribution in [3.63, 3.8) is 0 Å². The van der Waals surface area contributed by atoms with Crippen LogP contribution in [0, 0.1) is 5.92 Å². The minimum Gasteiger partial charge on any atom is -0.381 e. The lowest BCUT2D eigenvalue weighted by Gasteiger charge is -2.20. The van der Waals surface area contributed by atoms with Crippen LogP contribution in [-0.4, -0.2) is 26.3 Å². The Kier molecular flexibility index (Phi) is 3.76. The van der Waals surface area contributed by atoms with Gasteiger partial charge in [0, 0.05) is 26.3 Å². The first-order chi connectivity index (χ1) is 4.93. The molecule has 1 rings (SSSR count). The minimum absolute atomic E-state index is 0.789. The van der Waals surface area contributed by atoms with Crippen LogP contribution < -0.4 is 5.32 Å². The normalized spacial score (nSPS) is 21.3. The summed E-state index contributed by atoms with van der Waals surface area (Å²) in [5, 5.41) is 4.28. The van der Waals surface area contributed by atoms with Crippen molar-refractivity contribution >= 4 is 0 Å². The van der Waals surface area contributed by atoms with E-state index in [4.69, 9.17) is 4.74 Å². The van der Waals surface area contributed by atoms with E-state index in [0.717, 1.165) is 32.2 Å². The number of hydrogen-bond donors (Lipinski definition) is 0. The predicted molar refractivity (Wildman–Crippen MR) is 41.1 cm³/mol. The molecular formula is C8H16NO. The summed E-state index contributed by atoms with van der Waals surface area (Å²) in [5.41, 5.74) is 0. The third-order valence-electron chi connectivity index (χ3n) is 1.95. The second kappa shape index (κ2) is 4.69. The molecule has 0 unspecified atom stereocenters. The topological polar surface area (TPSA) is 23.3 Å². The molecule has 0 aromatic rings. The quantitative estimate of drug-likeness (QED) is 0.577. The van der Waals surface area contributed by atoms with Crippen LogP contribution in [0.3, 0.4) is 0 Å². The fourth-order valence-electron chi connectivity index (χ4n) is 1.26. The zero-order valence-electron chi connectivity index (χ0n) is 6.68. The maximum absolute atomic E-state index is 5.33. The van der Waals surface area contributed by atoms with Gasteiger partial charge < -0.3 is 4.74 Å². The summed E-state index contributed by atoms with van der Waals surface area (Å²) >= 11 is 0. The third-order valence-corrected chi connectivity index (χ3v) is 1.95. The first-order valence-corrected chi connectivity index (χ1v) is 4.14. The van der Waals surface area contributed by atoms with Crippen LogP contribution in [0.15, 0.2) is 0 Å². The molecule has 0 aliphatic carbocycles. The van der Waals surface area contributed by atoms with Gasteiger partial charge >= 0.3 is 0 Å². The molecule has 0 N–H and O–H groups in total. The Morgan fingerprint density at radius 3 is 2.70 bits per heavy atom. The molecule has 0 spiro atoms. The molecule has 2 heteroatoms. The fraction of sp³-hybridized carbons (Fsp3) is 1.00. The highest BCUT2D eigenvalue weighted by Gasteiger charge is 2.12. The smallest absolute Gasteiger partial charge is 0.0495 e. The van der Waals surface area contributed by atoms with Gasteiger partial charge in [-0.05, 0) is 25.7 Å². The Hall–Kier alpha value is -0.0800. The summed E-state index contributed by atoms with van der Waals surface area (Å²) in [6, 6.07) is 0. The Balaban J connectivity index is 2.02. The highest BCUT2D eigenvalue weighted by Crippen LogP contribution is 2.11. The summed E-state index contributed by atoms with van der Waals surface area (Å²) in [6.45, 7) is 5.96. The summed E-state index contributed by atoms with van der Waals surface area (Å²) in [7, 11) is 0. The van der Waals surface area contributed by atoms with Crippen molar-refractivity contribution in [1.82, 2.24) is 5.32 Å². The first-order valence-electron chi connectivity index (χ1n) is 4.14. The van der Waals surface area contributed by atoms with Crippen LogP contribution in [-0.2, 0) is 4.74 Å². The number of hydrogen-bond acceptors (Lipinski definition) is 1. The van der Waals surface area contributed by atoms with Gasteiger partial charge in [0.2, 0.25) is 0 Å². The van der Waals surface area contributed by atoms with E-state index in [1.54, 1.807) is 0 Å². The predicted octanol–water partition coefficient (Wildman–Crippen LogP) is 1.04. The lowest BCUT2D eigenvalue weighted by molar-refractivity contribution is 0.0973. The largest absolute Gasteiger partial charge is 0.381 e. The molecule has 0 aromatic heterocycles. The molecule has 10 heavy (non-hydrogen) atoms. The highest BCUT2D eigenvalue weighted by molar-refractivity contribution is 4.66. The standard InChI is InChI=1S/C8H16NO/c1-2-10-7-8-3-5-9-6-4-8/h8H,2-7H2,1H3. The third kappa shape index (κ3) is 2.67. The second-order valence-corrected chi connectivity index (χ2v) is 2.77. The molecule has 0 amide bonds. The van der Waals surface area contributed by atoms with Crippen LogP contribution in [0.2, 0.25) is 0 Å². The molecule has 1 radical (unpaired) electrons. The zero-order chi connectivity index (χ0) is 7.23. The number of ether oxygens (including phenoxy) is 1. The maximum atomic E-state index is 5.33. The van der Waals surface area contributed by atoms with Crippen molar-refractivity contribution in [3.05, 3.63) is 0 Å². The average molecular weight is 142 g/mol. The number of nitrogens with zero attached hydrogens (tertiary/aromatic N) is 1. The van der Waals surface area contributed by atoms with Gasteiger partial charge in [0.05, 0.1) is 0 Å². The minimum atomic E-state index is 0.789. The molecule has 1 heterocycles. The van der Waals surface area contributed by atoms with E-state index in [1.165, 1.54) is 12.8 Å². The molecule has 59 valence electrons. The van der Waals surface area contributed by atoms with E-state index in [-0.39, 0.29) is 0 Å². The van der Waals surface area contributed by atoms with Gasteiger partial charge in [0.1, 0.15) is 0 Å². The van der Waals surface area contributed by atoms with Gasteiger partial charge in [-0.3, -0.25) is 0 Å². The molecule has 1 saturated heterocycles. The van der Waals surface area contributed by atoms with E-state index >= 15 is 0 Å². The molecular weight excluding hydrogens is 126 g/mol. The van der Waals surface area contributed by atoms with Crippen LogP contribution in [0.4, 0.5) is 0 Å². The molecule has 0 aromatic carbocycles. The molecule has 1 fully saturated rings. The van der Waals surface area contributed by atoms with Crippen molar-refractivity contribution in [3.8, 4) is 0 Å². The summed E-state index contributed by atoms with van der Waals surface area (Å²) in [6.07, 6.45) is 2.47. The van der Waals surface area contributed by atoms with Crippen molar-refractivity contribution in [2.75, 3.05) is 26.3 Å². The number of rotatable bonds is 3. The van der Waals surface area contributed by atoms with Crippen LogP contribution in [0.25, 0.3) is 0 Å². The van der Waals surface area contributed by atoms with Gasteiger partial charge in [0.15, 0.2) is 0 Å². The van der Waals surface area contributed by atoms with Gasteiger partial charge in [-0.15, -0.1) is 0 Å². The maximum Gasteiger partial charge on any atom is 0.0495 e. The average Bonchev–Trinajstić information content (AvgIpc) is 2.03. The lowest BCUT2D eigenvalue weighted by atomic mass is 9.99. The summed E-state index contributed by atoms with van der Waals surface area (Å²) < 4.78 is 5.33. The van der Waals surface area contributed by atoms with E-state index in [2.05, 4.69) is 5.32 Å². The van der Waals surface area contributed by atoms with Gasteiger partial charge in [0.25, 0.3) is 0 Å². The van der Waals surface area contributed by atoms with Crippen molar-refractivity contribution in [1.29, 1.82) is 0 Å². The van der Waals surface area contributed by atoms with Gasteiger partial charge in [-0.25, -0.2) is 5.32 Å². The monoisotopic (exact) mass is 142 g/mol. The van der Waals surface area contributed by atoms with Gasteiger partial charge in [-0.1, -0.05) is 0 Å². The van der Waals surface area contributed by atoms with E-state index in [0.29, 0.717) is 0 Å². The highest BCUT2D eigenvalue weighted by atomic mass is 16.5. The Bertz CT molecular complexity index is 79.3. The zero-order valence-corrected chi connectivity index (χ0v) is 6.68. The van der Waals surface area contributed by atoms with Crippen LogP contribution in [0.5, 0.6) is 0 Å². The lowest BCUT2D eigenvalue weighted by Crippen LogP contribution is -2.25. The van der Waals surface area contributed by atoms with E-state index < -0.39 is 0 Å². The second-order valence-electron chi connectivity index (χ2n) is 2.77. The van der Waals surface area contributed by atoms with Crippen LogP contribution >= 0.6 is 0 Å². The van der Waals surface area contributed by atoms with Gasteiger partial charge in [-0.2, -0.15) is 0 Å². The van der Waals surface area contributed by atoms with E-state index in [9.17, 15) is 0 Å².